The summed E-state index contributed by atoms with van der Waals surface area (Å²) >= 11 is 0. The van der Waals surface area contributed by atoms with Gasteiger partial charge in [-0.25, -0.2) is 4.68 Å². The highest BCUT2D eigenvalue weighted by atomic mass is 16.7. The Balaban J connectivity index is 1.49. The molecular weight excluding hydrogens is 320 g/mol. The molecule has 128 valence electrons. The zero-order valence-electron chi connectivity index (χ0n) is 14.0. The Morgan fingerprint density at radius 2 is 2.12 bits per heavy atom. The van der Waals surface area contributed by atoms with Crippen LogP contribution >= 0.6 is 0 Å². The van der Waals surface area contributed by atoms with Gasteiger partial charge in [0, 0.05) is 11.8 Å². The van der Waals surface area contributed by atoms with E-state index in [0.29, 0.717) is 6.54 Å². The van der Waals surface area contributed by atoms with Crippen LogP contribution in [0.2, 0.25) is 0 Å². The normalized spacial score (nSPS) is 13.7. The summed E-state index contributed by atoms with van der Waals surface area (Å²) in [5.41, 5.74) is 2.84. The fraction of sp³-hybridized carbons (Fsp3) is 0.278. The largest absolute Gasteiger partial charge is 0.487 e. The van der Waals surface area contributed by atoms with Crippen molar-refractivity contribution in [3.05, 3.63) is 48.4 Å². The number of ether oxygens (including phenoxy) is 3. The van der Waals surface area contributed by atoms with Crippen molar-refractivity contribution < 1.29 is 14.2 Å². The molecular formula is C18H18N4O3. The second-order valence-corrected chi connectivity index (χ2v) is 5.96. The Morgan fingerprint density at radius 3 is 2.92 bits per heavy atom. The van der Waals surface area contributed by atoms with Gasteiger partial charge in [0.05, 0.1) is 18.9 Å². The molecule has 25 heavy (non-hydrogen) atoms. The number of benzene rings is 1. The summed E-state index contributed by atoms with van der Waals surface area (Å²) in [7, 11) is 0. The van der Waals surface area contributed by atoms with E-state index in [1.807, 2.05) is 44.3 Å². The first kappa shape index (κ1) is 15.4. The van der Waals surface area contributed by atoms with E-state index in [1.54, 1.807) is 17.1 Å². The zero-order chi connectivity index (χ0) is 17.2. The lowest BCUT2D eigenvalue weighted by Gasteiger charge is -2.13. The molecule has 1 aromatic carbocycles. The highest BCUT2D eigenvalue weighted by Gasteiger charge is 2.18. The zero-order valence-corrected chi connectivity index (χ0v) is 14.0. The number of aromatic nitrogens is 4. The van der Waals surface area contributed by atoms with Crippen LogP contribution in [0.25, 0.3) is 11.3 Å². The van der Waals surface area contributed by atoms with Gasteiger partial charge in [-0.3, -0.25) is 4.98 Å². The van der Waals surface area contributed by atoms with E-state index in [-0.39, 0.29) is 12.9 Å². The van der Waals surface area contributed by atoms with Crippen LogP contribution in [0.1, 0.15) is 12.5 Å². The van der Waals surface area contributed by atoms with Gasteiger partial charge in [-0.05, 0) is 43.7 Å². The maximum Gasteiger partial charge on any atom is 0.231 e. The van der Waals surface area contributed by atoms with Gasteiger partial charge in [0.15, 0.2) is 11.5 Å². The van der Waals surface area contributed by atoms with E-state index in [4.69, 9.17) is 14.2 Å². The maximum absolute atomic E-state index is 5.83. The van der Waals surface area contributed by atoms with Crippen molar-refractivity contribution >= 4 is 0 Å². The smallest absolute Gasteiger partial charge is 0.231 e. The van der Waals surface area contributed by atoms with Crippen molar-refractivity contribution in [1.82, 2.24) is 20.0 Å². The first-order valence-corrected chi connectivity index (χ1v) is 8.06. The number of nitrogens with zero attached hydrogens (tertiary/aromatic N) is 4. The molecule has 3 heterocycles. The van der Waals surface area contributed by atoms with Crippen molar-refractivity contribution in [2.75, 3.05) is 6.79 Å². The van der Waals surface area contributed by atoms with E-state index in [0.717, 1.165) is 34.1 Å². The number of hydrogen-bond acceptors (Lipinski definition) is 6. The van der Waals surface area contributed by atoms with Crippen molar-refractivity contribution in [2.45, 2.75) is 26.5 Å². The van der Waals surface area contributed by atoms with Crippen LogP contribution in [-0.2, 0) is 6.54 Å². The average Bonchev–Trinajstić information content (AvgIpc) is 3.23. The first-order valence-electron chi connectivity index (χ1n) is 8.06. The lowest BCUT2D eigenvalue weighted by atomic mass is 10.1. The number of pyridine rings is 1. The van der Waals surface area contributed by atoms with Crippen LogP contribution in [0.5, 0.6) is 17.2 Å². The number of fused-ring (bicyclic) bond motifs is 1. The minimum absolute atomic E-state index is 0.0587. The van der Waals surface area contributed by atoms with E-state index < -0.39 is 0 Å². The van der Waals surface area contributed by atoms with Gasteiger partial charge in [0.2, 0.25) is 6.79 Å². The summed E-state index contributed by atoms with van der Waals surface area (Å²) in [6.45, 7) is 4.85. The Labute approximate surface area is 145 Å². The summed E-state index contributed by atoms with van der Waals surface area (Å²) in [6.07, 6.45) is 5.26. The molecule has 0 N–H and O–H groups in total. The van der Waals surface area contributed by atoms with Crippen molar-refractivity contribution in [1.29, 1.82) is 0 Å². The van der Waals surface area contributed by atoms with Gasteiger partial charge in [-0.1, -0.05) is 5.21 Å². The first-order chi connectivity index (χ1) is 12.2. The van der Waals surface area contributed by atoms with E-state index in [9.17, 15) is 0 Å². The second kappa shape index (κ2) is 6.43. The predicted molar refractivity (Wildman–Crippen MR) is 90.6 cm³/mol. The molecule has 2 aromatic heterocycles. The van der Waals surface area contributed by atoms with E-state index >= 15 is 0 Å². The van der Waals surface area contributed by atoms with Gasteiger partial charge < -0.3 is 14.2 Å². The van der Waals surface area contributed by atoms with Gasteiger partial charge >= 0.3 is 0 Å². The molecule has 1 aliphatic heterocycles. The second-order valence-electron chi connectivity index (χ2n) is 5.96. The molecule has 0 radical (unpaired) electrons. The fourth-order valence-corrected chi connectivity index (χ4v) is 2.78. The highest BCUT2D eigenvalue weighted by Crippen LogP contribution is 2.37. The molecule has 4 rings (SSSR count). The molecule has 0 bridgehead atoms. The van der Waals surface area contributed by atoms with E-state index in [1.165, 1.54) is 0 Å². The van der Waals surface area contributed by atoms with E-state index in [2.05, 4.69) is 15.3 Å². The van der Waals surface area contributed by atoms with Crippen LogP contribution in [0.4, 0.5) is 0 Å². The molecule has 0 aliphatic carbocycles. The van der Waals surface area contributed by atoms with Gasteiger partial charge in [-0.2, -0.15) is 0 Å². The van der Waals surface area contributed by atoms with Crippen LogP contribution in [0.15, 0.2) is 42.9 Å². The lowest BCUT2D eigenvalue weighted by Crippen LogP contribution is -2.20. The van der Waals surface area contributed by atoms with Gasteiger partial charge in [0.25, 0.3) is 0 Å². The van der Waals surface area contributed by atoms with Crippen LogP contribution in [-0.4, -0.2) is 32.9 Å². The molecule has 0 saturated heterocycles. The third-order valence-corrected chi connectivity index (χ3v) is 3.95. The number of hydrogen-bond donors (Lipinski definition) is 0. The molecule has 7 nitrogen and oxygen atoms in total. The molecule has 1 unspecified atom stereocenters. The molecule has 0 saturated carbocycles. The minimum atomic E-state index is -0.0587. The monoisotopic (exact) mass is 338 g/mol. The topological polar surface area (TPSA) is 71.3 Å². The number of rotatable bonds is 5. The van der Waals surface area contributed by atoms with Crippen LogP contribution in [0, 0.1) is 6.92 Å². The Hall–Kier alpha value is -3.09. The van der Waals surface area contributed by atoms with Crippen LogP contribution < -0.4 is 14.2 Å². The Kier molecular flexibility index (Phi) is 3.97. The standard InChI is InChI=1S/C18H18N4O3/c1-12-6-17-18(24-11-23-17)7-15(12)16-10-22(21-20-16)9-13(2)25-14-4-3-5-19-8-14/h3-8,10,13H,9,11H2,1-2H3. The fourth-order valence-electron chi connectivity index (χ4n) is 2.78. The molecule has 1 aliphatic rings. The minimum Gasteiger partial charge on any atom is -0.487 e. The summed E-state index contributed by atoms with van der Waals surface area (Å²) in [5, 5.41) is 8.49. The summed E-state index contributed by atoms with van der Waals surface area (Å²) < 4.78 is 18.5. The summed E-state index contributed by atoms with van der Waals surface area (Å²) in [4.78, 5) is 4.04. The predicted octanol–water partition coefficient (Wildman–Crippen LogP) is 2.84. The molecule has 3 aromatic rings. The van der Waals surface area contributed by atoms with Gasteiger partial charge in [0.1, 0.15) is 17.5 Å². The molecule has 0 spiro atoms. The van der Waals surface area contributed by atoms with Crippen LogP contribution in [0.3, 0.4) is 0 Å². The molecule has 0 fully saturated rings. The Morgan fingerprint density at radius 1 is 1.28 bits per heavy atom. The SMILES string of the molecule is Cc1cc2c(cc1-c1cn(CC(C)Oc3cccnc3)nn1)OCO2. The lowest BCUT2D eigenvalue weighted by molar-refractivity contribution is 0.174. The maximum atomic E-state index is 5.83. The van der Waals surface area contributed by atoms with Crippen molar-refractivity contribution in [3.63, 3.8) is 0 Å². The molecule has 7 heteroatoms. The molecule has 1 atom stereocenters. The summed E-state index contributed by atoms with van der Waals surface area (Å²) in [6, 6.07) is 7.64. The summed E-state index contributed by atoms with van der Waals surface area (Å²) in [5.74, 6) is 2.25. The Bertz CT molecular complexity index is 879. The molecule has 0 amide bonds. The van der Waals surface area contributed by atoms with Crippen molar-refractivity contribution in [2.24, 2.45) is 0 Å². The van der Waals surface area contributed by atoms with Crippen molar-refractivity contribution in [3.8, 4) is 28.5 Å². The highest BCUT2D eigenvalue weighted by molar-refractivity contribution is 5.67. The third-order valence-electron chi connectivity index (χ3n) is 3.95. The number of aryl methyl sites for hydroxylation is 1. The average molecular weight is 338 g/mol. The van der Waals surface area contributed by atoms with Gasteiger partial charge in [-0.15, -0.1) is 5.10 Å². The third kappa shape index (κ3) is 3.26. The quantitative estimate of drug-likeness (QED) is 0.712.